The van der Waals surface area contributed by atoms with Gasteiger partial charge in [0, 0.05) is 16.8 Å². The smallest absolute Gasteiger partial charge is 0.266 e. The van der Waals surface area contributed by atoms with Crippen LogP contribution in [-0.4, -0.2) is 12.1 Å². The Morgan fingerprint density at radius 1 is 1.15 bits per heavy atom. The summed E-state index contributed by atoms with van der Waals surface area (Å²) in [5, 5.41) is 9.89. The molecule has 0 aliphatic carbocycles. The van der Waals surface area contributed by atoms with Crippen molar-refractivity contribution in [3.8, 4) is 28.7 Å². The van der Waals surface area contributed by atoms with E-state index in [1.54, 1.807) is 38.3 Å². The van der Waals surface area contributed by atoms with Crippen LogP contribution >= 0.6 is 11.6 Å². The summed E-state index contributed by atoms with van der Waals surface area (Å²) in [5.74, 6) is 1.21. The van der Waals surface area contributed by atoms with E-state index in [0.29, 0.717) is 27.8 Å². The number of hydrogen-bond acceptors (Lipinski definition) is 4. The van der Waals surface area contributed by atoms with Crippen LogP contribution in [0.5, 0.6) is 11.5 Å². The minimum atomic E-state index is -0.405. The monoisotopic (exact) mass is 380 g/mol. The van der Waals surface area contributed by atoms with Gasteiger partial charge in [0.05, 0.1) is 12.1 Å². The third kappa shape index (κ3) is 3.97. The summed E-state index contributed by atoms with van der Waals surface area (Å²) >= 11 is 6.14. The fraction of sp³-hybridized carbons (Fsp3) is 0.143. The van der Waals surface area contributed by atoms with E-state index in [2.05, 4.69) is 4.98 Å². The summed E-state index contributed by atoms with van der Waals surface area (Å²) in [4.78, 5) is 14.7. The quantitative estimate of drug-likeness (QED) is 0.708. The summed E-state index contributed by atoms with van der Waals surface area (Å²) in [6, 6.07) is 16.4. The molecule has 0 saturated heterocycles. The van der Waals surface area contributed by atoms with Gasteiger partial charge in [0.25, 0.3) is 5.56 Å². The summed E-state index contributed by atoms with van der Waals surface area (Å²) in [7, 11) is 1.58. The lowest BCUT2D eigenvalue weighted by Crippen LogP contribution is -2.12. The second kappa shape index (κ2) is 7.98. The Bertz CT molecular complexity index is 1080. The van der Waals surface area contributed by atoms with Gasteiger partial charge in [-0.25, -0.2) is 0 Å². The molecule has 5 nitrogen and oxygen atoms in total. The maximum absolute atomic E-state index is 12.1. The van der Waals surface area contributed by atoms with Gasteiger partial charge in [-0.05, 0) is 42.8 Å². The second-order valence-corrected chi connectivity index (χ2v) is 6.33. The highest BCUT2D eigenvalue weighted by atomic mass is 35.5. The van der Waals surface area contributed by atoms with Gasteiger partial charge in [0.15, 0.2) is 0 Å². The number of para-hydroxylation sites is 1. The van der Waals surface area contributed by atoms with Crippen LogP contribution in [0.25, 0.3) is 11.1 Å². The molecule has 1 N–H and O–H groups in total. The van der Waals surface area contributed by atoms with Gasteiger partial charge in [-0.1, -0.05) is 29.8 Å². The largest absolute Gasteiger partial charge is 0.496 e. The molecule has 0 bridgehead atoms. The molecule has 0 amide bonds. The number of nitriles is 1. The number of H-pyrrole nitrogens is 1. The summed E-state index contributed by atoms with van der Waals surface area (Å²) in [6.07, 6.45) is 0. The third-order valence-electron chi connectivity index (χ3n) is 4.09. The van der Waals surface area contributed by atoms with Crippen LogP contribution in [0.2, 0.25) is 5.02 Å². The standard InChI is InChI=1S/C21H17ClN2O3/c1-13-9-16(17(11-23)21(25)24-13)14-7-8-19(26-2)15(10-14)12-27-20-6-4-3-5-18(20)22/h3-10H,12H2,1-2H3,(H,24,25). The minimum Gasteiger partial charge on any atom is -0.496 e. The Hall–Kier alpha value is -3.23. The molecule has 3 aromatic rings. The molecule has 1 aromatic heterocycles. The molecule has 0 atom stereocenters. The lowest BCUT2D eigenvalue weighted by molar-refractivity contribution is 0.297. The van der Waals surface area contributed by atoms with Crippen LogP contribution in [0.3, 0.4) is 0 Å². The zero-order valence-electron chi connectivity index (χ0n) is 14.9. The van der Waals surface area contributed by atoms with Gasteiger partial charge in [0.1, 0.15) is 29.7 Å². The van der Waals surface area contributed by atoms with Crippen LogP contribution < -0.4 is 15.0 Å². The number of aryl methyl sites for hydroxylation is 1. The number of nitrogens with zero attached hydrogens (tertiary/aromatic N) is 1. The van der Waals surface area contributed by atoms with Crippen molar-refractivity contribution in [1.82, 2.24) is 4.98 Å². The Morgan fingerprint density at radius 2 is 1.93 bits per heavy atom. The van der Waals surface area contributed by atoms with Crippen molar-refractivity contribution >= 4 is 11.6 Å². The zero-order valence-corrected chi connectivity index (χ0v) is 15.6. The highest BCUT2D eigenvalue weighted by molar-refractivity contribution is 6.32. The molecule has 136 valence electrons. The van der Waals surface area contributed by atoms with Crippen LogP contribution in [0, 0.1) is 18.3 Å². The predicted octanol–water partition coefficient (Wildman–Crippen LogP) is 4.46. The highest BCUT2D eigenvalue weighted by Gasteiger charge is 2.13. The normalized spacial score (nSPS) is 10.3. The van der Waals surface area contributed by atoms with E-state index in [1.807, 2.05) is 30.3 Å². The number of pyridine rings is 1. The van der Waals surface area contributed by atoms with Gasteiger partial charge in [-0.3, -0.25) is 4.79 Å². The van der Waals surface area contributed by atoms with Crippen molar-refractivity contribution in [2.75, 3.05) is 7.11 Å². The van der Waals surface area contributed by atoms with Gasteiger partial charge >= 0.3 is 0 Å². The number of aromatic nitrogens is 1. The molecule has 3 rings (SSSR count). The molecule has 27 heavy (non-hydrogen) atoms. The Morgan fingerprint density at radius 3 is 2.63 bits per heavy atom. The fourth-order valence-electron chi connectivity index (χ4n) is 2.80. The number of ether oxygens (including phenoxy) is 2. The molecule has 6 heteroatoms. The molecule has 2 aromatic carbocycles. The molecule has 0 fully saturated rings. The maximum atomic E-state index is 12.1. The first-order valence-corrected chi connectivity index (χ1v) is 8.60. The van der Waals surface area contributed by atoms with Crippen molar-refractivity contribution in [3.05, 3.63) is 80.7 Å². The number of benzene rings is 2. The molecule has 0 saturated carbocycles. The van der Waals surface area contributed by atoms with Crippen molar-refractivity contribution in [1.29, 1.82) is 5.26 Å². The number of aromatic amines is 1. The van der Waals surface area contributed by atoms with Crippen LogP contribution in [-0.2, 0) is 6.61 Å². The number of nitrogens with one attached hydrogen (secondary N) is 1. The van der Waals surface area contributed by atoms with Crippen LogP contribution in [0.15, 0.2) is 53.3 Å². The number of halogens is 1. The Balaban J connectivity index is 2.01. The van der Waals surface area contributed by atoms with E-state index in [-0.39, 0.29) is 12.2 Å². The van der Waals surface area contributed by atoms with E-state index in [9.17, 15) is 10.1 Å². The third-order valence-corrected chi connectivity index (χ3v) is 4.40. The Labute approximate surface area is 161 Å². The maximum Gasteiger partial charge on any atom is 0.266 e. The van der Waals surface area contributed by atoms with Gasteiger partial charge in [0.2, 0.25) is 0 Å². The molecule has 1 heterocycles. The molecule has 0 aliphatic rings. The number of hydrogen-bond donors (Lipinski definition) is 1. The molecule has 0 unspecified atom stereocenters. The van der Waals surface area contributed by atoms with E-state index >= 15 is 0 Å². The molecule has 0 radical (unpaired) electrons. The SMILES string of the molecule is COc1ccc(-c2cc(C)[nH]c(=O)c2C#N)cc1COc1ccccc1Cl. The first-order chi connectivity index (χ1) is 13.0. The van der Waals surface area contributed by atoms with E-state index < -0.39 is 5.56 Å². The van der Waals surface area contributed by atoms with E-state index in [1.165, 1.54) is 0 Å². The van der Waals surface area contributed by atoms with Gasteiger partial charge in [-0.15, -0.1) is 0 Å². The molecular weight excluding hydrogens is 364 g/mol. The zero-order chi connectivity index (χ0) is 19.4. The molecular formula is C21H17ClN2O3. The first-order valence-electron chi connectivity index (χ1n) is 8.22. The summed E-state index contributed by atoms with van der Waals surface area (Å²) in [5.41, 5.74) is 2.43. The van der Waals surface area contributed by atoms with Crippen molar-refractivity contribution in [2.45, 2.75) is 13.5 Å². The average molecular weight is 381 g/mol. The number of rotatable bonds is 5. The lowest BCUT2D eigenvalue weighted by atomic mass is 9.99. The van der Waals surface area contributed by atoms with Gasteiger partial charge in [-0.2, -0.15) is 5.26 Å². The summed E-state index contributed by atoms with van der Waals surface area (Å²) in [6.45, 7) is 2.00. The lowest BCUT2D eigenvalue weighted by Gasteiger charge is -2.13. The fourth-order valence-corrected chi connectivity index (χ4v) is 2.99. The van der Waals surface area contributed by atoms with E-state index in [0.717, 1.165) is 11.1 Å². The van der Waals surface area contributed by atoms with Gasteiger partial charge < -0.3 is 14.5 Å². The van der Waals surface area contributed by atoms with Crippen molar-refractivity contribution in [3.63, 3.8) is 0 Å². The highest BCUT2D eigenvalue weighted by Crippen LogP contribution is 2.30. The topological polar surface area (TPSA) is 75.1 Å². The summed E-state index contributed by atoms with van der Waals surface area (Å²) < 4.78 is 11.2. The van der Waals surface area contributed by atoms with E-state index in [4.69, 9.17) is 21.1 Å². The average Bonchev–Trinajstić information content (AvgIpc) is 2.66. The Kier molecular flexibility index (Phi) is 5.49. The number of methoxy groups -OCH3 is 1. The molecule has 0 spiro atoms. The first kappa shape index (κ1) is 18.6. The predicted molar refractivity (Wildman–Crippen MR) is 104 cm³/mol. The van der Waals surface area contributed by atoms with Crippen LogP contribution in [0.4, 0.5) is 0 Å². The second-order valence-electron chi connectivity index (χ2n) is 5.93. The minimum absolute atomic E-state index is 0.0729. The van der Waals surface area contributed by atoms with Crippen molar-refractivity contribution in [2.24, 2.45) is 0 Å². The van der Waals surface area contributed by atoms with Crippen molar-refractivity contribution < 1.29 is 9.47 Å². The molecule has 0 aliphatic heterocycles. The van der Waals surface area contributed by atoms with Crippen LogP contribution in [0.1, 0.15) is 16.8 Å².